The van der Waals surface area contributed by atoms with E-state index in [-0.39, 0.29) is 5.92 Å². The molecule has 0 aromatic rings. The van der Waals surface area contributed by atoms with E-state index in [1.54, 1.807) is 0 Å². The van der Waals surface area contributed by atoms with Gasteiger partial charge in [-0.2, -0.15) is 0 Å². The molecule has 19 heavy (non-hydrogen) atoms. The van der Waals surface area contributed by atoms with Gasteiger partial charge in [-0.15, -0.1) is 0 Å². The first-order chi connectivity index (χ1) is 9.25. The Morgan fingerprint density at radius 2 is 2.05 bits per heavy atom. The molecule has 0 spiro atoms. The smallest absolute Gasteiger partial charge is 0.227 e. The van der Waals surface area contributed by atoms with Crippen LogP contribution in [-0.2, 0) is 4.79 Å². The van der Waals surface area contributed by atoms with Crippen LogP contribution >= 0.6 is 0 Å². The summed E-state index contributed by atoms with van der Waals surface area (Å²) in [6.07, 6.45) is 6.17. The van der Waals surface area contributed by atoms with Gasteiger partial charge in [0.25, 0.3) is 0 Å². The van der Waals surface area contributed by atoms with Crippen LogP contribution in [0.15, 0.2) is 0 Å². The van der Waals surface area contributed by atoms with Crippen LogP contribution in [0.5, 0.6) is 0 Å². The molecule has 3 aliphatic rings. The molecule has 1 amide bonds. The van der Waals surface area contributed by atoms with E-state index >= 15 is 0 Å². The summed E-state index contributed by atoms with van der Waals surface area (Å²) in [5.41, 5.74) is 0. The van der Waals surface area contributed by atoms with Gasteiger partial charge in [-0.1, -0.05) is 6.42 Å². The fourth-order valence-corrected chi connectivity index (χ4v) is 3.96. The number of hydrogen-bond acceptors (Lipinski definition) is 3. The van der Waals surface area contributed by atoms with Gasteiger partial charge < -0.3 is 10.2 Å². The predicted molar refractivity (Wildman–Crippen MR) is 76.0 cm³/mol. The minimum absolute atomic E-state index is 0.228. The van der Waals surface area contributed by atoms with E-state index in [0.29, 0.717) is 18.0 Å². The van der Waals surface area contributed by atoms with Crippen molar-refractivity contribution in [1.29, 1.82) is 0 Å². The summed E-state index contributed by atoms with van der Waals surface area (Å²) in [6.45, 7) is 7.47. The summed E-state index contributed by atoms with van der Waals surface area (Å²) < 4.78 is 0. The van der Waals surface area contributed by atoms with Crippen LogP contribution in [0.3, 0.4) is 0 Å². The molecule has 4 heteroatoms. The third-order valence-electron chi connectivity index (χ3n) is 5.12. The van der Waals surface area contributed by atoms with E-state index in [9.17, 15) is 4.79 Å². The molecule has 2 unspecified atom stereocenters. The predicted octanol–water partition coefficient (Wildman–Crippen LogP) is 1.07. The Morgan fingerprint density at radius 3 is 2.84 bits per heavy atom. The van der Waals surface area contributed by atoms with Crippen molar-refractivity contribution in [3.63, 3.8) is 0 Å². The van der Waals surface area contributed by atoms with Gasteiger partial charge in [0.05, 0.1) is 5.92 Å². The number of amides is 1. The SMILES string of the molecule is CC1CN2CCCCC2CN1C(=O)[C@@H]1CCCNC1. The Bertz CT molecular complexity index is 327. The van der Waals surface area contributed by atoms with Crippen molar-refractivity contribution in [3.05, 3.63) is 0 Å². The molecule has 3 atom stereocenters. The Morgan fingerprint density at radius 1 is 1.16 bits per heavy atom. The molecule has 0 aromatic heterocycles. The van der Waals surface area contributed by atoms with Crippen molar-refractivity contribution >= 4 is 5.91 Å². The molecule has 0 bridgehead atoms. The second-order valence-corrected chi connectivity index (χ2v) is 6.53. The molecular weight excluding hydrogens is 238 g/mol. The minimum Gasteiger partial charge on any atom is -0.337 e. The minimum atomic E-state index is 0.228. The van der Waals surface area contributed by atoms with Crippen LogP contribution in [0.2, 0.25) is 0 Å². The van der Waals surface area contributed by atoms with Crippen molar-refractivity contribution in [2.75, 3.05) is 32.7 Å². The fraction of sp³-hybridized carbons (Fsp3) is 0.933. The number of nitrogens with zero attached hydrogens (tertiary/aromatic N) is 2. The van der Waals surface area contributed by atoms with Crippen molar-refractivity contribution < 1.29 is 4.79 Å². The molecular formula is C15H27N3O. The maximum Gasteiger partial charge on any atom is 0.227 e. The number of carbonyl (C=O) groups is 1. The quantitative estimate of drug-likeness (QED) is 0.770. The average molecular weight is 265 g/mol. The van der Waals surface area contributed by atoms with Crippen LogP contribution in [0, 0.1) is 5.92 Å². The summed E-state index contributed by atoms with van der Waals surface area (Å²) in [7, 11) is 0. The van der Waals surface area contributed by atoms with E-state index in [1.807, 2.05) is 0 Å². The van der Waals surface area contributed by atoms with E-state index in [1.165, 1.54) is 25.8 Å². The average Bonchev–Trinajstić information content (AvgIpc) is 2.47. The molecule has 3 saturated heterocycles. The largest absolute Gasteiger partial charge is 0.337 e. The van der Waals surface area contributed by atoms with Gasteiger partial charge in [-0.25, -0.2) is 0 Å². The van der Waals surface area contributed by atoms with Crippen molar-refractivity contribution in [1.82, 2.24) is 15.1 Å². The molecule has 0 aliphatic carbocycles. The molecule has 108 valence electrons. The van der Waals surface area contributed by atoms with E-state index < -0.39 is 0 Å². The van der Waals surface area contributed by atoms with Gasteiger partial charge in [-0.3, -0.25) is 9.69 Å². The number of rotatable bonds is 1. The molecule has 3 aliphatic heterocycles. The number of piperazine rings is 1. The molecule has 0 aromatic carbocycles. The zero-order valence-corrected chi connectivity index (χ0v) is 12.1. The lowest BCUT2D eigenvalue weighted by Crippen LogP contribution is -2.61. The zero-order valence-electron chi connectivity index (χ0n) is 12.1. The van der Waals surface area contributed by atoms with Crippen LogP contribution in [0.25, 0.3) is 0 Å². The zero-order chi connectivity index (χ0) is 13.2. The summed E-state index contributed by atoms with van der Waals surface area (Å²) in [6, 6.07) is 1.02. The number of hydrogen-bond donors (Lipinski definition) is 1. The van der Waals surface area contributed by atoms with Gasteiger partial charge in [0.15, 0.2) is 0 Å². The number of carbonyl (C=O) groups excluding carboxylic acids is 1. The first kappa shape index (κ1) is 13.4. The van der Waals surface area contributed by atoms with Crippen molar-refractivity contribution in [3.8, 4) is 0 Å². The lowest BCUT2D eigenvalue weighted by molar-refractivity contribution is -0.143. The summed E-state index contributed by atoms with van der Waals surface area (Å²) in [4.78, 5) is 17.5. The molecule has 1 N–H and O–H groups in total. The van der Waals surface area contributed by atoms with Crippen LogP contribution in [0.4, 0.5) is 0 Å². The first-order valence-corrected chi connectivity index (χ1v) is 8.01. The van der Waals surface area contributed by atoms with Crippen LogP contribution in [-0.4, -0.2) is 60.5 Å². The molecule has 3 fully saturated rings. The second-order valence-electron chi connectivity index (χ2n) is 6.53. The Kier molecular flexibility index (Phi) is 4.08. The van der Waals surface area contributed by atoms with Gasteiger partial charge >= 0.3 is 0 Å². The van der Waals surface area contributed by atoms with Crippen molar-refractivity contribution in [2.45, 2.75) is 51.1 Å². The molecule has 0 saturated carbocycles. The van der Waals surface area contributed by atoms with Crippen LogP contribution < -0.4 is 5.32 Å². The highest BCUT2D eigenvalue weighted by atomic mass is 16.2. The number of nitrogens with one attached hydrogen (secondary N) is 1. The molecule has 4 nitrogen and oxygen atoms in total. The third-order valence-corrected chi connectivity index (χ3v) is 5.12. The van der Waals surface area contributed by atoms with E-state index in [0.717, 1.165) is 39.0 Å². The van der Waals surface area contributed by atoms with E-state index in [4.69, 9.17) is 0 Å². The highest BCUT2D eigenvalue weighted by molar-refractivity contribution is 5.79. The Labute approximate surface area is 116 Å². The third kappa shape index (κ3) is 2.79. The fourth-order valence-electron chi connectivity index (χ4n) is 3.96. The molecule has 3 rings (SSSR count). The maximum atomic E-state index is 12.7. The normalized spacial score (nSPS) is 36.9. The number of fused-ring (bicyclic) bond motifs is 1. The monoisotopic (exact) mass is 265 g/mol. The second kappa shape index (κ2) is 5.80. The summed E-state index contributed by atoms with van der Waals surface area (Å²) in [5.74, 6) is 0.635. The Balaban J connectivity index is 1.64. The lowest BCUT2D eigenvalue weighted by atomic mass is 9.93. The summed E-state index contributed by atoms with van der Waals surface area (Å²) >= 11 is 0. The summed E-state index contributed by atoms with van der Waals surface area (Å²) in [5, 5.41) is 3.37. The van der Waals surface area contributed by atoms with Gasteiger partial charge in [0.2, 0.25) is 5.91 Å². The van der Waals surface area contributed by atoms with Crippen molar-refractivity contribution in [2.24, 2.45) is 5.92 Å². The number of piperidine rings is 2. The van der Waals surface area contributed by atoms with Gasteiger partial charge in [0.1, 0.15) is 0 Å². The highest BCUT2D eigenvalue weighted by Crippen LogP contribution is 2.26. The Hall–Kier alpha value is -0.610. The maximum absolute atomic E-state index is 12.7. The molecule has 3 heterocycles. The molecule has 0 radical (unpaired) electrons. The lowest BCUT2D eigenvalue weighted by Gasteiger charge is -2.48. The van der Waals surface area contributed by atoms with Crippen LogP contribution in [0.1, 0.15) is 39.0 Å². The van der Waals surface area contributed by atoms with Gasteiger partial charge in [0, 0.05) is 31.7 Å². The van der Waals surface area contributed by atoms with Gasteiger partial charge in [-0.05, 0) is 45.7 Å². The van der Waals surface area contributed by atoms with E-state index in [2.05, 4.69) is 22.0 Å². The standard InChI is InChI=1S/C15H27N3O/c1-12-10-17-8-3-2-6-14(17)11-18(12)15(19)13-5-4-7-16-9-13/h12-14,16H,2-11H2,1H3/t12?,13-,14?/m1/s1. The first-order valence-electron chi connectivity index (χ1n) is 8.01. The topological polar surface area (TPSA) is 35.6 Å². The highest BCUT2D eigenvalue weighted by Gasteiger charge is 2.37.